The van der Waals surface area contributed by atoms with Crippen molar-refractivity contribution >= 4 is 28.0 Å². The molecule has 0 saturated carbocycles. The SMILES string of the molecule is CC(c1c(C(N)=O)c(=O)[nH]c2cc(Cc3ccc(F)cc3)cnc12)C(O)N(C)CS(=O)O. The van der Waals surface area contributed by atoms with Crippen LogP contribution < -0.4 is 11.3 Å². The van der Waals surface area contributed by atoms with Gasteiger partial charge in [0, 0.05) is 17.7 Å². The Morgan fingerprint density at radius 2 is 1.97 bits per heavy atom. The van der Waals surface area contributed by atoms with Crippen LogP contribution in [0.1, 0.15) is 39.9 Å². The van der Waals surface area contributed by atoms with Crippen LogP contribution in [0.5, 0.6) is 0 Å². The first kappa shape index (κ1) is 23.7. The molecule has 0 aliphatic rings. The maximum Gasteiger partial charge on any atom is 0.261 e. The van der Waals surface area contributed by atoms with Gasteiger partial charge in [-0.25, -0.2) is 8.60 Å². The molecule has 3 unspecified atom stereocenters. The van der Waals surface area contributed by atoms with E-state index in [1.807, 2.05) is 0 Å². The molecule has 9 nitrogen and oxygen atoms in total. The van der Waals surface area contributed by atoms with Crippen molar-refractivity contribution in [2.24, 2.45) is 5.73 Å². The number of nitrogens with two attached hydrogens (primary N) is 1. The van der Waals surface area contributed by atoms with Gasteiger partial charge in [-0.2, -0.15) is 0 Å². The van der Waals surface area contributed by atoms with Gasteiger partial charge in [-0.3, -0.25) is 19.5 Å². The normalized spacial score (nSPS) is 14.4. The molecule has 1 amide bonds. The Hall–Kier alpha value is -2.99. The summed E-state index contributed by atoms with van der Waals surface area (Å²) < 4.78 is 33.4. The number of pyridine rings is 2. The number of aliphatic hydroxyl groups excluding tert-OH is 1. The van der Waals surface area contributed by atoms with Gasteiger partial charge < -0.3 is 20.4 Å². The molecule has 0 radical (unpaired) electrons. The number of nitrogens with one attached hydrogen (secondary N) is 1. The Balaban J connectivity index is 2.09. The van der Waals surface area contributed by atoms with Crippen molar-refractivity contribution in [3.63, 3.8) is 0 Å². The quantitative estimate of drug-likeness (QED) is 0.291. The van der Waals surface area contributed by atoms with Crippen LogP contribution in [0.15, 0.2) is 41.3 Å². The van der Waals surface area contributed by atoms with E-state index in [0.717, 1.165) is 11.1 Å². The highest BCUT2D eigenvalue weighted by Gasteiger charge is 2.29. The summed E-state index contributed by atoms with van der Waals surface area (Å²) in [6, 6.07) is 7.67. The minimum atomic E-state index is -2.19. The van der Waals surface area contributed by atoms with E-state index in [2.05, 4.69) is 9.97 Å². The smallest absolute Gasteiger partial charge is 0.261 e. The van der Waals surface area contributed by atoms with Crippen molar-refractivity contribution in [2.45, 2.75) is 25.5 Å². The lowest BCUT2D eigenvalue weighted by Gasteiger charge is -2.28. The standard InChI is InChI=1S/C21H23FN4O5S/c1-11(21(29)26(2)10-32(30)31)16-17(19(23)27)20(28)25-15-8-13(9-24-18(15)16)7-12-3-5-14(22)6-4-12/h3-6,8-9,11,21,29H,7,10H2,1-2H3,(H2,23,27)(H,25,28)(H,30,31). The Kier molecular flexibility index (Phi) is 7.14. The van der Waals surface area contributed by atoms with Gasteiger partial charge in [0.15, 0.2) is 11.1 Å². The fourth-order valence-electron chi connectivity index (χ4n) is 3.65. The average Bonchev–Trinajstić information content (AvgIpc) is 2.72. The number of aliphatic hydroxyl groups is 1. The molecule has 2 aromatic heterocycles. The maximum absolute atomic E-state index is 13.1. The molecule has 0 aliphatic carbocycles. The Labute approximate surface area is 185 Å². The predicted molar refractivity (Wildman–Crippen MR) is 118 cm³/mol. The van der Waals surface area contributed by atoms with Crippen molar-refractivity contribution in [3.05, 3.63) is 75.0 Å². The number of halogens is 1. The van der Waals surface area contributed by atoms with Crippen LogP contribution in [0.3, 0.4) is 0 Å². The van der Waals surface area contributed by atoms with E-state index in [9.17, 15) is 23.3 Å². The molecule has 2 heterocycles. The van der Waals surface area contributed by atoms with Crippen LogP contribution >= 0.6 is 0 Å². The molecule has 32 heavy (non-hydrogen) atoms. The molecule has 5 N–H and O–H groups in total. The first-order valence-electron chi connectivity index (χ1n) is 9.63. The van der Waals surface area contributed by atoms with Crippen molar-refractivity contribution in [1.29, 1.82) is 0 Å². The van der Waals surface area contributed by atoms with E-state index in [-0.39, 0.29) is 28.3 Å². The topological polar surface area (TPSA) is 150 Å². The molecule has 0 aliphatic heterocycles. The molecule has 3 aromatic rings. The molecule has 1 aromatic carbocycles. The first-order valence-corrected chi connectivity index (χ1v) is 10.9. The first-order chi connectivity index (χ1) is 15.1. The third kappa shape index (κ3) is 5.07. The lowest BCUT2D eigenvalue weighted by molar-refractivity contribution is 0.0157. The molecular formula is C21H23FN4O5S. The summed E-state index contributed by atoms with van der Waals surface area (Å²) in [6.45, 7) is 1.57. The summed E-state index contributed by atoms with van der Waals surface area (Å²) in [5.41, 5.74) is 6.71. The van der Waals surface area contributed by atoms with Gasteiger partial charge in [-0.1, -0.05) is 19.1 Å². The molecule has 0 spiro atoms. The number of amides is 1. The van der Waals surface area contributed by atoms with Gasteiger partial charge in [0.2, 0.25) is 0 Å². The highest BCUT2D eigenvalue weighted by molar-refractivity contribution is 7.79. The number of fused-ring (bicyclic) bond motifs is 1. The van der Waals surface area contributed by atoms with E-state index in [1.165, 1.54) is 24.1 Å². The number of primary amides is 1. The van der Waals surface area contributed by atoms with Crippen LogP contribution in [0, 0.1) is 5.82 Å². The Morgan fingerprint density at radius 3 is 2.56 bits per heavy atom. The summed E-state index contributed by atoms with van der Waals surface area (Å²) in [4.78, 5) is 33.0. The number of nitrogens with zero attached hydrogens (tertiary/aromatic N) is 2. The zero-order valence-electron chi connectivity index (χ0n) is 17.4. The molecule has 0 fully saturated rings. The van der Waals surface area contributed by atoms with Gasteiger partial charge in [-0.05, 0) is 42.8 Å². The van der Waals surface area contributed by atoms with E-state index in [1.54, 1.807) is 31.3 Å². The molecule has 3 rings (SSSR count). The summed E-state index contributed by atoms with van der Waals surface area (Å²) in [7, 11) is 1.43. The van der Waals surface area contributed by atoms with Gasteiger partial charge in [0.05, 0.1) is 11.0 Å². The van der Waals surface area contributed by atoms with Crippen LogP contribution in [-0.4, -0.2) is 53.8 Å². The third-order valence-corrected chi connectivity index (χ3v) is 5.81. The largest absolute Gasteiger partial charge is 0.378 e. The minimum absolute atomic E-state index is 0.146. The second-order valence-corrected chi connectivity index (χ2v) is 8.46. The number of aromatic nitrogens is 2. The molecule has 170 valence electrons. The van der Waals surface area contributed by atoms with Crippen LogP contribution in [0.25, 0.3) is 11.0 Å². The second-order valence-electron chi connectivity index (χ2n) is 7.56. The van der Waals surface area contributed by atoms with Gasteiger partial charge in [0.1, 0.15) is 23.5 Å². The Bertz CT molecular complexity index is 1230. The molecule has 3 atom stereocenters. The molecule has 0 bridgehead atoms. The van der Waals surface area contributed by atoms with Crippen molar-refractivity contribution in [3.8, 4) is 0 Å². The number of H-pyrrole nitrogens is 1. The highest BCUT2D eigenvalue weighted by atomic mass is 32.2. The maximum atomic E-state index is 13.1. The lowest BCUT2D eigenvalue weighted by Crippen LogP contribution is -2.39. The van der Waals surface area contributed by atoms with Crippen molar-refractivity contribution in [2.75, 3.05) is 12.9 Å². The predicted octanol–water partition coefficient (Wildman–Crippen LogP) is 1.28. The van der Waals surface area contributed by atoms with E-state index >= 15 is 0 Å². The van der Waals surface area contributed by atoms with Gasteiger partial charge in [0.25, 0.3) is 11.5 Å². The molecular weight excluding hydrogens is 439 g/mol. The number of aromatic amines is 1. The van der Waals surface area contributed by atoms with Crippen molar-refractivity contribution < 1.29 is 23.1 Å². The monoisotopic (exact) mass is 462 g/mol. The van der Waals surface area contributed by atoms with Gasteiger partial charge in [-0.15, -0.1) is 0 Å². The summed E-state index contributed by atoms with van der Waals surface area (Å²) in [5.74, 6) is -2.51. The van der Waals surface area contributed by atoms with E-state index in [0.29, 0.717) is 11.9 Å². The average molecular weight is 463 g/mol. The number of rotatable bonds is 8. The van der Waals surface area contributed by atoms with E-state index in [4.69, 9.17) is 10.3 Å². The number of carbonyl (C=O) groups excluding carboxylic acids is 1. The minimum Gasteiger partial charge on any atom is -0.378 e. The van der Waals surface area contributed by atoms with Gasteiger partial charge >= 0.3 is 0 Å². The fraction of sp³-hybridized carbons (Fsp3) is 0.286. The van der Waals surface area contributed by atoms with Crippen LogP contribution in [0.2, 0.25) is 0 Å². The molecule has 11 heteroatoms. The zero-order valence-corrected chi connectivity index (χ0v) is 18.2. The van der Waals surface area contributed by atoms with E-state index < -0.39 is 34.7 Å². The number of hydrogen-bond acceptors (Lipinski definition) is 6. The summed E-state index contributed by atoms with van der Waals surface area (Å²) >= 11 is -2.19. The van der Waals surface area contributed by atoms with Crippen LogP contribution in [-0.2, 0) is 17.5 Å². The Morgan fingerprint density at radius 1 is 1.31 bits per heavy atom. The fourth-order valence-corrected chi connectivity index (χ4v) is 4.15. The number of benzene rings is 1. The summed E-state index contributed by atoms with van der Waals surface area (Å²) in [5, 5.41) is 10.7. The number of likely N-dealkylation sites (N-methyl/N-ethyl adjacent to an activating group) is 1. The van der Waals surface area contributed by atoms with Crippen molar-refractivity contribution in [1.82, 2.24) is 14.9 Å². The number of carbonyl (C=O) groups is 1. The molecule has 0 saturated heterocycles. The number of hydrogen-bond donors (Lipinski definition) is 4. The highest BCUT2D eigenvalue weighted by Crippen LogP contribution is 2.29. The summed E-state index contributed by atoms with van der Waals surface area (Å²) in [6.07, 6.45) is 0.695. The van der Waals surface area contributed by atoms with Crippen LogP contribution in [0.4, 0.5) is 4.39 Å². The zero-order chi connectivity index (χ0) is 23.6. The third-order valence-electron chi connectivity index (χ3n) is 5.18. The lowest BCUT2D eigenvalue weighted by atomic mass is 9.92. The second kappa shape index (κ2) is 9.65.